The lowest BCUT2D eigenvalue weighted by atomic mass is 9.95. The molecule has 4 nitrogen and oxygen atoms in total. The van der Waals surface area contributed by atoms with Gasteiger partial charge in [0, 0.05) is 11.4 Å². The SMILES string of the molecule is COC(=O)c1csc2c(C3CC3)c(Cc3cccc4ccccc34)cc(=O)n12. The Bertz CT molecular complexity index is 1270. The van der Waals surface area contributed by atoms with Crippen LogP contribution >= 0.6 is 11.3 Å². The third-order valence-corrected chi connectivity index (χ3v) is 6.43. The van der Waals surface area contributed by atoms with Crippen molar-refractivity contribution in [2.75, 3.05) is 7.11 Å². The van der Waals surface area contributed by atoms with E-state index < -0.39 is 5.97 Å². The zero-order valence-electron chi connectivity index (χ0n) is 15.5. The van der Waals surface area contributed by atoms with Crippen molar-refractivity contribution in [2.45, 2.75) is 25.2 Å². The summed E-state index contributed by atoms with van der Waals surface area (Å²) in [6.45, 7) is 0. The Labute approximate surface area is 166 Å². The van der Waals surface area contributed by atoms with Crippen LogP contribution in [0, 0.1) is 0 Å². The number of hydrogen-bond donors (Lipinski definition) is 0. The van der Waals surface area contributed by atoms with Gasteiger partial charge < -0.3 is 4.74 Å². The molecule has 0 amide bonds. The van der Waals surface area contributed by atoms with Crippen LogP contribution < -0.4 is 5.56 Å². The fourth-order valence-corrected chi connectivity index (χ4v) is 5.15. The minimum atomic E-state index is -0.475. The van der Waals surface area contributed by atoms with Crippen molar-refractivity contribution < 1.29 is 9.53 Å². The third-order valence-electron chi connectivity index (χ3n) is 5.46. The van der Waals surface area contributed by atoms with Gasteiger partial charge in [-0.15, -0.1) is 11.3 Å². The molecule has 1 aliphatic carbocycles. The van der Waals surface area contributed by atoms with Crippen LogP contribution in [0.15, 0.2) is 58.7 Å². The van der Waals surface area contributed by atoms with Crippen molar-refractivity contribution in [3.63, 3.8) is 0 Å². The summed E-state index contributed by atoms with van der Waals surface area (Å²) in [6.07, 6.45) is 2.97. The molecule has 0 bridgehead atoms. The second-order valence-corrected chi connectivity index (χ2v) is 8.12. The van der Waals surface area contributed by atoms with Crippen LogP contribution in [-0.4, -0.2) is 17.5 Å². The molecule has 5 heteroatoms. The van der Waals surface area contributed by atoms with Crippen LogP contribution in [0.25, 0.3) is 15.6 Å². The lowest BCUT2D eigenvalue weighted by Gasteiger charge is -2.13. The number of fused-ring (bicyclic) bond motifs is 2. The molecule has 0 atom stereocenters. The molecule has 0 aliphatic heterocycles. The number of hydrogen-bond acceptors (Lipinski definition) is 4. The van der Waals surface area contributed by atoms with Gasteiger partial charge in [0.2, 0.25) is 0 Å². The molecular formula is C23H19NO3S. The number of carbonyl (C=O) groups is 1. The minimum Gasteiger partial charge on any atom is -0.464 e. The van der Waals surface area contributed by atoms with Crippen molar-refractivity contribution in [2.24, 2.45) is 0 Å². The number of thiazole rings is 1. The van der Waals surface area contributed by atoms with E-state index in [0.717, 1.165) is 23.2 Å². The topological polar surface area (TPSA) is 47.8 Å². The van der Waals surface area contributed by atoms with Gasteiger partial charge in [-0.3, -0.25) is 9.20 Å². The van der Waals surface area contributed by atoms with E-state index in [4.69, 9.17) is 4.74 Å². The second-order valence-electron chi connectivity index (χ2n) is 7.26. The Morgan fingerprint density at radius 2 is 1.93 bits per heavy atom. The summed E-state index contributed by atoms with van der Waals surface area (Å²) >= 11 is 1.46. The lowest BCUT2D eigenvalue weighted by molar-refractivity contribution is 0.0592. The summed E-state index contributed by atoms with van der Waals surface area (Å²) in [5, 5.41) is 4.15. The Kier molecular flexibility index (Phi) is 4.05. The number of benzene rings is 2. The fraction of sp³-hybridized carbons (Fsp3) is 0.217. The van der Waals surface area contributed by atoms with E-state index in [-0.39, 0.29) is 5.56 Å². The van der Waals surface area contributed by atoms with Gasteiger partial charge in [0.05, 0.1) is 7.11 Å². The quantitative estimate of drug-likeness (QED) is 0.473. The predicted octanol–water partition coefficient (Wildman–Crippen LogP) is 4.77. The van der Waals surface area contributed by atoms with Gasteiger partial charge in [-0.2, -0.15) is 0 Å². The van der Waals surface area contributed by atoms with Gasteiger partial charge in [-0.1, -0.05) is 42.5 Å². The molecule has 28 heavy (non-hydrogen) atoms. The van der Waals surface area contributed by atoms with E-state index in [2.05, 4.69) is 30.3 Å². The molecule has 4 aromatic rings. The largest absolute Gasteiger partial charge is 0.464 e. The standard InChI is InChI=1S/C23H19NO3S/c1-27-23(26)19-13-28-22-21(15-9-10-15)17(12-20(25)24(19)22)11-16-7-4-6-14-5-2-3-8-18(14)16/h2-8,12-13,15H,9-11H2,1H3. The third kappa shape index (κ3) is 2.74. The molecule has 1 fully saturated rings. The Balaban J connectivity index is 1.71. The Hall–Kier alpha value is -2.92. The van der Waals surface area contributed by atoms with Gasteiger partial charge in [0.25, 0.3) is 5.56 Å². The van der Waals surface area contributed by atoms with Crippen LogP contribution in [0.2, 0.25) is 0 Å². The van der Waals surface area contributed by atoms with Gasteiger partial charge in [0.15, 0.2) is 0 Å². The number of ether oxygens (including phenoxy) is 1. The average molecular weight is 389 g/mol. The van der Waals surface area contributed by atoms with Crippen LogP contribution in [-0.2, 0) is 11.2 Å². The Morgan fingerprint density at radius 3 is 2.71 bits per heavy atom. The maximum atomic E-state index is 12.9. The van der Waals surface area contributed by atoms with Crippen LogP contribution in [0.3, 0.4) is 0 Å². The smallest absolute Gasteiger partial charge is 0.356 e. The number of methoxy groups -OCH3 is 1. The molecule has 0 unspecified atom stereocenters. The first kappa shape index (κ1) is 17.2. The minimum absolute atomic E-state index is 0.170. The first-order valence-corrected chi connectivity index (χ1v) is 10.3. The van der Waals surface area contributed by atoms with Crippen molar-refractivity contribution in [1.29, 1.82) is 0 Å². The maximum absolute atomic E-state index is 12.9. The Morgan fingerprint density at radius 1 is 1.14 bits per heavy atom. The molecule has 5 rings (SSSR count). The normalized spacial score (nSPS) is 13.9. The molecule has 1 saturated carbocycles. The van der Waals surface area contributed by atoms with E-state index >= 15 is 0 Å². The number of carbonyl (C=O) groups excluding carboxylic acids is 1. The number of rotatable bonds is 4. The summed E-state index contributed by atoms with van der Waals surface area (Å²) in [7, 11) is 1.34. The van der Waals surface area contributed by atoms with Gasteiger partial charge in [0.1, 0.15) is 10.5 Å². The highest BCUT2D eigenvalue weighted by molar-refractivity contribution is 7.16. The number of pyridine rings is 1. The van der Waals surface area contributed by atoms with Crippen LogP contribution in [0.1, 0.15) is 45.9 Å². The first-order chi connectivity index (χ1) is 13.7. The van der Waals surface area contributed by atoms with Gasteiger partial charge in [-0.05, 0) is 52.6 Å². The summed E-state index contributed by atoms with van der Waals surface area (Å²) in [4.78, 5) is 25.9. The van der Waals surface area contributed by atoms with Crippen molar-refractivity contribution in [3.05, 3.63) is 86.6 Å². The maximum Gasteiger partial charge on any atom is 0.356 e. The van der Waals surface area contributed by atoms with E-state index in [9.17, 15) is 9.59 Å². The number of aromatic nitrogens is 1. The zero-order chi connectivity index (χ0) is 19.3. The average Bonchev–Trinajstić information content (AvgIpc) is 3.45. The van der Waals surface area contributed by atoms with E-state index in [0.29, 0.717) is 18.0 Å². The highest BCUT2D eigenvalue weighted by Gasteiger charge is 2.31. The molecular weight excluding hydrogens is 370 g/mol. The second kappa shape index (κ2) is 6.60. The summed E-state index contributed by atoms with van der Waals surface area (Å²) in [6, 6.07) is 16.4. The summed E-state index contributed by atoms with van der Waals surface area (Å²) in [5.41, 5.74) is 3.64. The molecule has 0 N–H and O–H groups in total. The fourth-order valence-electron chi connectivity index (χ4n) is 4.01. The molecule has 2 aromatic heterocycles. The molecule has 140 valence electrons. The highest BCUT2D eigenvalue weighted by atomic mass is 32.1. The van der Waals surface area contributed by atoms with E-state index in [1.807, 2.05) is 12.1 Å². The van der Waals surface area contributed by atoms with E-state index in [1.165, 1.54) is 44.7 Å². The highest BCUT2D eigenvalue weighted by Crippen LogP contribution is 2.45. The van der Waals surface area contributed by atoms with Crippen molar-refractivity contribution in [1.82, 2.24) is 4.40 Å². The van der Waals surface area contributed by atoms with Crippen LogP contribution in [0.4, 0.5) is 0 Å². The number of nitrogens with zero attached hydrogens (tertiary/aromatic N) is 1. The molecule has 0 spiro atoms. The monoisotopic (exact) mass is 389 g/mol. The molecule has 0 radical (unpaired) electrons. The van der Waals surface area contributed by atoms with Crippen LogP contribution in [0.5, 0.6) is 0 Å². The van der Waals surface area contributed by atoms with Crippen molar-refractivity contribution in [3.8, 4) is 0 Å². The molecule has 0 saturated heterocycles. The van der Waals surface area contributed by atoms with Crippen molar-refractivity contribution >= 4 is 32.9 Å². The summed E-state index contributed by atoms with van der Waals surface area (Å²) < 4.78 is 6.38. The zero-order valence-corrected chi connectivity index (χ0v) is 16.3. The van der Waals surface area contributed by atoms with Gasteiger partial charge in [-0.25, -0.2) is 4.79 Å². The van der Waals surface area contributed by atoms with E-state index in [1.54, 1.807) is 11.4 Å². The molecule has 1 aliphatic rings. The molecule has 2 aromatic carbocycles. The summed E-state index contributed by atoms with van der Waals surface area (Å²) in [5.74, 6) is -0.0124. The lowest BCUT2D eigenvalue weighted by Crippen LogP contribution is -2.19. The first-order valence-electron chi connectivity index (χ1n) is 9.38. The number of esters is 1. The predicted molar refractivity (Wildman–Crippen MR) is 112 cm³/mol. The molecule has 2 heterocycles. The van der Waals surface area contributed by atoms with Gasteiger partial charge >= 0.3 is 5.97 Å².